The van der Waals surface area contributed by atoms with Crippen LogP contribution in [0.3, 0.4) is 0 Å². The van der Waals surface area contributed by atoms with Crippen molar-refractivity contribution in [1.82, 2.24) is 0 Å². The zero-order valence-corrected chi connectivity index (χ0v) is 16.2. The van der Waals surface area contributed by atoms with Crippen LogP contribution in [-0.4, -0.2) is 0 Å². The van der Waals surface area contributed by atoms with Crippen molar-refractivity contribution in [3.8, 4) is 0 Å². The van der Waals surface area contributed by atoms with Crippen molar-refractivity contribution < 1.29 is 0 Å². The minimum Gasteiger partial charge on any atom is -0.0905 e. The smallest absolute Gasteiger partial charge is 0.0152 e. The van der Waals surface area contributed by atoms with Crippen LogP contribution in [0.4, 0.5) is 0 Å². The molecule has 0 spiro atoms. The second kappa shape index (κ2) is 7.17. The standard InChI is InChI=1S/C26H26/c1-17-10-7-14-25(19(17)3)21(5)23-12-9-13-24(16-23)22(6)26-15-8-11-18(2)20(26)4/h7-16H,5-6H2,1-4H3. The van der Waals surface area contributed by atoms with E-state index in [1.165, 1.54) is 33.4 Å². The first-order valence-electron chi connectivity index (χ1n) is 9.02. The summed E-state index contributed by atoms with van der Waals surface area (Å²) in [5, 5.41) is 0. The molecule has 26 heavy (non-hydrogen) atoms. The fraction of sp³-hybridized carbons (Fsp3) is 0.154. The molecule has 0 heteroatoms. The molecular formula is C26H26. The monoisotopic (exact) mass is 338 g/mol. The van der Waals surface area contributed by atoms with Crippen LogP contribution in [-0.2, 0) is 0 Å². The lowest BCUT2D eigenvalue weighted by atomic mass is 9.89. The minimum absolute atomic E-state index is 1.06. The Morgan fingerprint density at radius 3 is 1.38 bits per heavy atom. The van der Waals surface area contributed by atoms with E-state index < -0.39 is 0 Å². The third kappa shape index (κ3) is 3.28. The maximum atomic E-state index is 4.37. The largest absolute Gasteiger partial charge is 0.0905 e. The van der Waals surface area contributed by atoms with E-state index >= 15 is 0 Å². The molecule has 0 aromatic heterocycles. The SMILES string of the molecule is C=C(c1cccc(C(=C)c2cccc(C)c2C)c1)c1cccc(C)c1C. The van der Waals surface area contributed by atoms with Gasteiger partial charge in [0.1, 0.15) is 0 Å². The molecule has 0 fully saturated rings. The predicted octanol–water partition coefficient (Wildman–Crippen LogP) is 7.04. The molecule has 0 bridgehead atoms. The normalized spacial score (nSPS) is 10.6. The Morgan fingerprint density at radius 2 is 0.962 bits per heavy atom. The van der Waals surface area contributed by atoms with Crippen LogP contribution in [0.2, 0.25) is 0 Å². The summed E-state index contributed by atoms with van der Waals surface area (Å²) in [7, 11) is 0. The molecular weight excluding hydrogens is 312 g/mol. The van der Waals surface area contributed by atoms with Crippen LogP contribution < -0.4 is 0 Å². The molecule has 0 nitrogen and oxygen atoms in total. The average molecular weight is 338 g/mol. The number of aryl methyl sites for hydroxylation is 2. The highest BCUT2D eigenvalue weighted by molar-refractivity contribution is 5.85. The number of hydrogen-bond acceptors (Lipinski definition) is 0. The number of rotatable bonds is 4. The predicted molar refractivity (Wildman–Crippen MR) is 115 cm³/mol. The van der Waals surface area contributed by atoms with Gasteiger partial charge in [-0.3, -0.25) is 0 Å². The Labute approximate surface area is 157 Å². The lowest BCUT2D eigenvalue weighted by Gasteiger charge is -2.15. The zero-order valence-electron chi connectivity index (χ0n) is 16.2. The van der Waals surface area contributed by atoms with Gasteiger partial charge in [-0.1, -0.05) is 67.8 Å². The summed E-state index contributed by atoms with van der Waals surface area (Å²) in [4.78, 5) is 0. The van der Waals surface area contributed by atoms with Crippen molar-refractivity contribution in [3.63, 3.8) is 0 Å². The summed E-state index contributed by atoms with van der Waals surface area (Å²) in [6, 6.07) is 21.3. The molecule has 0 heterocycles. The molecule has 0 unspecified atom stereocenters. The minimum atomic E-state index is 1.06. The van der Waals surface area contributed by atoms with Gasteiger partial charge in [-0.25, -0.2) is 0 Å². The van der Waals surface area contributed by atoms with Crippen LogP contribution >= 0.6 is 0 Å². The van der Waals surface area contributed by atoms with Gasteiger partial charge < -0.3 is 0 Å². The second-order valence-corrected chi connectivity index (χ2v) is 7.03. The van der Waals surface area contributed by atoms with Crippen molar-refractivity contribution >= 4 is 11.1 Å². The van der Waals surface area contributed by atoms with Gasteiger partial charge in [-0.2, -0.15) is 0 Å². The topological polar surface area (TPSA) is 0 Å². The van der Waals surface area contributed by atoms with Crippen LogP contribution in [0.5, 0.6) is 0 Å². The van der Waals surface area contributed by atoms with Crippen LogP contribution in [0, 0.1) is 27.7 Å². The van der Waals surface area contributed by atoms with E-state index in [1.54, 1.807) is 0 Å². The van der Waals surface area contributed by atoms with Gasteiger partial charge in [0.25, 0.3) is 0 Å². The van der Waals surface area contributed by atoms with Gasteiger partial charge >= 0.3 is 0 Å². The molecule has 0 saturated heterocycles. The fourth-order valence-electron chi connectivity index (χ4n) is 3.36. The van der Waals surface area contributed by atoms with E-state index in [4.69, 9.17) is 0 Å². The molecule has 0 amide bonds. The summed E-state index contributed by atoms with van der Waals surface area (Å²) >= 11 is 0. The average Bonchev–Trinajstić information content (AvgIpc) is 2.65. The molecule has 0 aliphatic rings. The molecule has 0 N–H and O–H groups in total. The van der Waals surface area contributed by atoms with Gasteiger partial charge in [0.2, 0.25) is 0 Å². The lowest BCUT2D eigenvalue weighted by molar-refractivity contribution is 1.31. The van der Waals surface area contributed by atoms with E-state index in [0.717, 1.165) is 22.3 Å². The van der Waals surface area contributed by atoms with Crippen LogP contribution in [0.15, 0.2) is 73.8 Å². The van der Waals surface area contributed by atoms with E-state index in [2.05, 4.69) is 102 Å². The van der Waals surface area contributed by atoms with E-state index in [-0.39, 0.29) is 0 Å². The number of hydrogen-bond donors (Lipinski definition) is 0. The summed E-state index contributed by atoms with van der Waals surface area (Å²) in [6.07, 6.45) is 0. The zero-order chi connectivity index (χ0) is 18.8. The van der Waals surface area contributed by atoms with Crippen molar-refractivity contribution in [3.05, 3.63) is 118 Å². The van der Waals surface area contributed by atoms with E-state index in [9.17, 15) is 0 Å². The maximum absolute atomic E-state index is 4.37. The van der Waals surface area contributed by atoms with Crippen molar-refractivity contribution in [1.29, 1.82) is 0 Å². The van der Waals surface area contributed by atoms with Crippen LogP contribution in [0.25, 0.3) is 11.1 Å². The summed E-state index contributed by atoms with van der Waals surface area (Å²) < 4.78 is 0. The second-order valence-electron chi connectivity index (χ2n) is 7.03. The third-order valence-electron chi connectivity index (χ3n) is 5.42. The van der Waals surface area contributed by atoms with Crippen molar-refractivity contribution in [2.24, 2.45) is 0 Å². The number of benzene rings is 3. The molecule has 0 atom stereocenters. The van der Waals surface area contributed by atoms with Crippen LogP contribution in [0.1, 0.15) is 44.5 Å². The Morgan fingerprint density at radius 1 is 0.577 bits per heavy atom. The summed E-state index contributed by atoms with van der Waals surface area (Å²) in [5.74, 6) is 0. The van der Waals surface area contributed by atoms with Gasteiger partial charge in [0, 0.05) is 0 Å². The Kier molecular flexibility index (Phi) is 4.95. The third-order valence-corrected chi connectivity index (χ3v) is 5.42. The molecule has 3 aromatic carbocycles. The van der Waals surface area contributed by atoms with E-state index in [1.807, 2.05) is 0 Å². The Hall–Kier alpha value is -2.86. The maximum Gasteiger partial charge on any atom is -0.0152 e. The lowest BCUT2D eigenvalue weighted by Crippen LogP contribution is -1.95. The fourth-order valence-corrected chi connectivity index (χ4v) is 3.36. The highest BCUT2D eigenvalue weighted by atomic mass is 14.1. The first kappa shape index (κ1) is 17.9. The van der Waals surface area contributed by atoms with Gasteiger partial charge in [0.15, 0.2) is 0 Å². The molecule has 0 aliphatic heterocycles. The van der Waals surface area contributed by atoms with Gasteiger partial charge in [-0.05, 0) is 89.4 Å². The molecule has 3 aromatic rings. The molecule has 130 valence electrons. The van der Waals surface area contributed by atoms with Gasteiger partial charge in [0.05, 0.1) is 0 Å². The molecule has 0 aliphatic carbocycles. The first-order valence-corrected chi connectivity index (χ1v) is 9.02. The van der Waals surface area contributed by atoms with E-state index in [0.29, 0.717) is 0 Å². The molecule has 3 rings (SSSR count). The van der Waals surface area contributed by atoms with Crippen molar-refractivity contribution in [2.45, 2.75) is 27.7 Å². The quantitative estimate of drug-likeness (QED) is 0.478. The van der Waals surface area contributed by atoms with Crippen molar-refractivity contribution in [2.75, 3.05) is 0 Å². The molecule has 0 radical (unpaired) electrons. The van der Waals surface area contributed by atoms with Gasteiger partial charge in [-0.15, -0.1) is 0 Å². The Balaban J connectivity index is 2.01. The first-order chi connectivity index (χ1) is 12.4. The Bertz CT molecular complexity index is 924. The highest BCUT2D eigenvalue weighted by Gasteiger charge is 2.11. The summed E-state index contributed by atoms with van der Waals surface area (Å²) in [6.45, 7) is 17.4. The highest BCUT2D eigenvalue weighted by Crippen LogP contribution is 2.31. The summed E-state index contributed by atoms with van der Waals surface area (Å²) in [5.41, 5.74) is 12.0. The molecule has 0 saturated carbocycles.